The van der Waals surface area contributed by atoms with Gasteiger partial charge in [-0.2, -0.15) is 4.99 Å². The van der Waals surface area contributed by atoms with Crippen LogP contribution in [0.15, 0.2) is 17.3 Å². The molecule has 4 nitrogen and oxygen atoms in total. The Morgan fingerprint density at radius 3 is 2.67 bits per heavy atom. The minimum Gasteiger partial charge on any atom is -0.369 e. The van der Waals surface area contributed by atoms with Gasteiger partial charge in [0.1, 0.15) is 5.69 Å². The minimum absolute atomic E-state index is 0.304. The largest absolute Gasteiger partial charge is 0.369 e. The smallest absolute Gasteiger partial charge is 0.297 e. The van der Waals surface area contributed by atoms with E-state index in [0.29, 0.717) is 5.69 Å². The fraction of sp³-hybridized carbons (Fsp3) is 0.364. The molecule has 0 atom stereocenters. The van der Waals surface area contributed by atoms with Crippen LogP contribution in [0.3, 0.4) is 0 Å². The molecule has 1 amide bonds. The fourth-order valence-corrected chi connectivity index (χ4v) is 1.17. The van der Waals surface area contributed by atoms with Crippen molar-refractivity contribution in [3.8, 4) is 0 Å². The zero-order chi connectivity index (χ0) is 11.4. The van der Waals surface area contributed by atoms with Gasteiger partial charge in [-0.15, -0.1) is 0 Å². The van der Waals surface area contributed by atoms with Gasteiger partial charge in [-0.3, -0.25) is 9.78 Å². The van der Waals surface area contributed by atoms with Crippen molar-refractivity contribution in [2.75, 3.05) is 14.1 Å². The molecule has 0 aromatic carbocycles. The molecule has 0 spiro atoms. The maximum Gasteiger partial charge on any atom is 0.297 e. The lowest BCUT2D eigenvalue weighted by Gasteiger charge is -2.03. The van der Waals surface area contributed by atoms with Crippen molar-refractivity contribution in [2.45, 2.75) is 13.8 Å². The number of aryl methyl sites for hydroxylation is 2. The molecule has 80 valence electrons. The SMILES string of the molecule is Cc1cnc(C(=O)/N=C/N(C)C)c(C)c1. The number of rotatable bonds is 2. The van der Waals surface area contributed by atoms with Crippen LogP contribution in [0.2, 0.25) is 0 Å². The molecule has 0 radical (unpaired) electrons. The van der Waals surface area contributed by atoms with E-state index < -0.39 is 0 Å². The van der Waals surface area contributed by atoms with Gasteiger partial charge in [0.05, 0.1) is 6.34 Å². The molecule has 1 rings (SSSR count). The van der Waals surface area contributed by atoms with E-state index in [1.165, 1.54) is 6.34 Å². The Hall–Kier alpha value is -1.71. The van der Waals surface area contributed by atoms with E-state index in [4.69, 9.17) is 0 Å². The Balaban J connectivity index is 2.92. The Morgan fingerprint density at radius 1 is 1.47 bits per heavy atom. The minimum atomic E-state index is -0.304. The molecular formula is C11H15N3O. The van der Waals surface area contributed by atoms with Crippen LogP contribution < -0.4 is 0 Å². The average Bonchev–Trinajstić information content (AvgIpc) is 2.14. The Bertz CT molecular complexity index is 397. The van der Waals surface area contributed by atoms with Crippen LogP contribution in [0.25, 0.3) is 0 Å². The number of amides is 1. The number of aromatic nitrogens is 1. The molecule has 0 bridgehead atoms. The lowest BCUT2D eigenvalue weighted by Crippen LogP contribution is -2.11. The topological polar surface area (TPSA) is 45.6 Å². The van der Waals surface area contributed by atoms with E-state index in [1.807, 2.05) is 34.0 Å². The first-order valence-corrected chi connectivity index (χ1v) is 4.69. The van der Waals surface area contributed by atoms with E-state index in [1.54, 1.807) is 11.1 Å². The molecule has 0 saturated heterocycles. The number of pyridine rings is 1. The molecule has 0 aliphatic carbocycles. The van der Waals surface area contributed by atoms with Gasteiger partial charge in [0.2, 0.25) is 0 Å². The summed E-state index contributed by atoms with van der Waals surface area (Å²) in [6.45, 7) is 3.80. The second-order valence-corrected chi connectivity index (χ2v) is 3.69. The van der Waals surface area contributed by atoms with Crippen LogP contribution in [-0.4, -0.2) is 36.2 Å². The molecule has 0 N–H and O–H groups in total. The summed E-state index contributed by atoms with van der Waals surface area (Å²) in [6.07, 6.45) is 3.15. The number of hydrogen-bond donors (Lipinski definition) is 0. The predicted octanol–water partition coefficient (Wildman–Crippen LogP) is 1.43. The zero-order valence-corrected chi connectivity index (χ0v) is 9.48. The lowest BCUT2D eigenvalue weighted by atomic mass is 10.1. The summed E-state index contributed by atoms with van der Waals surface area (Å²) in [7, 11) is 3.62. The summed E-state index contributed by atoms with van der Waals surface area (Å²) in [5.41, 5.74) is 2.32. The van der Waals surface area contributed by atoms with Gasteiger partial charge < -0.3 is 4.90 Å². The third kappa shape index (κ3) is 3.16. The molecule has 15 heavy (non-hydrogen) atoms. The first-order valence-electron chi connectivity index (χ1n) is 4.69. The number of aliphatic imine (C=N–C) groups is 1. The van der Waals surface area contributed by atoms with Gasteiger partial charge in [-0.1, -0.05) is 6.07 Å². The summed E-state index contributed by atoms with van der Waals surface area (Å²) in [5, 5.41) is 0. The molecule has 1 aromatic rings. The van der Waals surface area contributed by atoms with E-state index in [2.05, 4.69) is 9.98 Å². The highest BCUT2D eigenvalue weighted by atomic mass is 16.1. The third-order valence-electron chi connectivity index (χ3n) is 1.82. The van der Waals surface area contributed by atoms with Crippen molar-refractivity contribution < 1.29 is 4.79 Å². The average molecular weight is 205 g/mol. The van der Waals surface area contributed by atoms with Gasteiger partial charge in [0.25, 0.3) is 5.91 Å². The van der Waals surface area contributed by atoms with Gasteiger partial charge in [0, 0.05) is 20.3 Å². The van der Waals surface area contributed by atoms with Crippen LogP contribution in [0, 0.1) is 13.8 Å². The van der Waals surface area contributed by atoms with E-state index in [-0.39, 0.29) is 5.91 Å². The normalized spacial score (nSPS) is 10.7. The van der Waals surface area contributed by atoms with Gasteiger partial charge in [-0.05, 0) is 25.0 Å². The van der Waals surface area contributed by atoms with Gasteiger partial charge in [0.15, 0.2) is 0 Å². The highest BCUT2D eigenvalue weighted by molar-refractivity contribution is 5.98. The molecule has 0 saturated carbocycles. The molecule has 1 heterocycles. The second-order valence-electron chi connectivity index (χ2n) is 3.69. The van der Waals surface area contributed by atoms with Crippen LogP contribution in [0.5, 0.6) is 0 Å². The molecule has 0 aliphatic rings. The van der Waals surface area contributed by atoms with Gasteiger partial charge in [-0.25, -0.2) is 0 Å². The molecular weight excluding hydrogens is 190 g/mol. The predicted molar refractivity (Wildman–Crippen MR) is 60.2 cm³/mol. The van der Waals surface area contributed by atoms with Crippen LogP contribution >= 0.6 is 0 Å². The van der Waals surface area contributed by atoms with Crippen molar-refractivity contribution in [3.05, 3.63) is 29.1 Å². The van der Waals surface area contributed by atoms with Crippen molar-refractivity contribution in [3.63, 3.8) is 0 Å². The number of hydrogen-bond acceptors (Lipinski definition) is 2. The third-order valence-corrected chi connectivity index (χ3v) is 1.82. The standard InChI is InChI=1S/C11H15N3O/c1-8-5-9(2)10(12-6-8)11(15)13-7-14(3)4/h5-7H,1-4H3/b13-7+. The van der Waals surface area contributed by atoms with Crippen LogP contribution in [-0.2, 0) is 0 Å². The van der Waals surface area contributed by atoms with Crippen LogP contribution in [0.4, 0.5) is 0 Å². The monoisotopic (exact) mass is 205 g/mol. The Labute approximate surface area is 89.7 Å². The zero-order valence-electron chi connectivity index (χ0n) is 9.48. The van der Waals surface area contributed by atoms with Crippen molar-refractivity contribution in [2.24, 2.45) is 4.99 Å². The quantitative estimate of drug-likeness (QED) is 0.542. The first kappa shape index (κ1) is 11.4. The number of nitrogens with zero attached hydrogens (tertiary/aromatic N) is 3. The number of carbonyl (C=O) groups excluding carboxylic acids is 1. The Morgan fingerprint density at radius 2 is 2.13 bits per heavy atom. The van der Waals surface area contributed by atoms with Crippen molar-refractivity contribution in [1.82, 2.24) is 9.88 Å². The summed E-state index contributed by atoms with van der Waals surface area (Å²) >= 11 is 0. The molecule has 4 heteroatoms. The summed E-state index contributed by atoms with van der Waals surface area (Å²) in [4.78, 5) is 21.2. The van der Waals surface area contributed by atoms with E-state index >= 15 is 0 Å². The molecule has 0 fully saturated rings. The second kappa shape index (κ2) is 4.68. The van der Waals surface area contributed by atoms with Crippen LogP contribution in [0.1, 0.15) is 21.6 Å². The lowest BCUT2D eigenvalue weighted by molar-refractivity contribution is 0.0997. The molecule has 0 unspecified atom stereocenters. The maximum atomic E-state index is 11.6. The first-order chi connectivity index (χ1) is 7.00. The van der Waals surface area contributed by atoms with Gasteiger partial charge >= 0.3 is 0 Å². The highest BCUT2D eigenvalue weighted by Gasteiger charge is 2.08. The summed E-state index contributed by atoms with van der Waals surface area (Å²) in [5.74, 6) is -0.304. The van der Waals surface area contributed by atoms with Crippen molar-refractivity contribution in [1.29, 1.82) is 0 Å². The van der Waals surface area contributed by atoms with Crippen molar-refractivity contribution >= 4 is 12.2 Å². The fourth-order valence-electron chi connectivity index (χ4n) is 1.17. The summed E-state index contributed by atoms with van der Waals surface area (Å²) in [6, 6.07) is 1.92. The summed E-state index contributed by atoms with van der Waals surface area (Å²) < 4.78 is 0. The molecule has 1 aromatic heterocycles. The van der Waals surface area contributed by atoms with E-state index in [9.17, 15) is 4.79 Å². The number of carbonyl (C=O) groups is 1. The van der Waals surface area contributed by atoms with E-state index in [0.717, 1.165) is 11.1 Å². The molecule has 0 aliphatic heterocycles. The Kier molecular flexibility index (Phi) is 3.55. The maximum absolute atomic E-state index is 11.6. The highest BCUT2D eigenvalue weighted by Crippen LogP contribution is 2.07.